The first-order valence-corrected chi connectivity index (χ1v) is 6.43. The number of halogens is 1. The maximum atomic E-state index is 13.6. The van der Waals surface area contributed by atoms with E-state index in [4.69, 9.17) is 27.4 Å². The fourth-order valence-corrected chi connectivity index (χ4v) is 1.54. The van der Waals surface area contributed by atoms with Crippen LogP contribution >= 0.6 is 12.2 Å². The number of thiocarbonyl (C=S) groups is 1. The smallest absolute Gasteiger partial charge is 0.257 e. The zero-order valence-corrected chi connectivity index (χ0v) is 12.0. The summed E-state index contributed by atoms with van der Waals surface area (Å²) in [6.07, 6.45) is 0.708. The Morgan fingerprint density at radius 3 is 2.85 bits per heavy atom. The van der Waals surface area contributed by atoms with Gasteiger partial charge in [-0.3, -0.25) is 4.79 Å². The Morgan fingerprint density at radius 1 is 1.50 bits per heavy atom. The summed E-state index contributed by atoms with van der Waals surface area (Å²) in [4.78, 5) is 11.5. The number of benzene rings is 1. The van der Waals surface area contributed by atoms with Gasteiger partial charge in [0.25, 0.3) is 5.91 Å². The van der Waals surface area contributed by atoms with Crippen LogP contribution in [-0.2, 0) is 9.53 Å². The molecule has 110 valence electrons. The first kappa shape index (κ1) is 16.3. The van der Waals surface area contributed by atoms with E-state index in [1.165, 1.54) is 18.2 Å². The fraction of sp³-hybridized carbons (Fsp3) is 0.385. The second kappa shape index (κ2) is 8.44. The molecule has 5 nitrogen and oxygen atoms in total. The molecule has 0 saturated carbocycles. The highest BCUT2D eigenvalue weighted by atomic mass is 32.1. The number of nitrogens with two attached hydrogens (primary N) is 1. The normalized spacial score (nSPS) is 10.1. The molecule has 7 heteroatoms. The van der Waals surface area contributed by atoms with Crippen LogP contribution in [-0.4, -0.2) is 37.8 Å². The Hall–Kier alpha value is -1.73. The number of carbonyl (C=O) groups excluding carboxylic acids is 1. The van der Waals surface area contributed by atoms with E-state index < -0.39 is 5.82 Å². The number of amides is 1. The van der Waals surface area contributed by atoms with Crippen molar-refractivity contribution in [2.45, 2.75) is 6.42 Å². The number of hydrogen-bond donors (Lipinski definition) is 2. The second-order valence-corrected chi connectivity index (χ2v) is 4.43. The topological polar surface area (TPSA) is 73.6 Å². The minimum atomic E-state index is -0.609. The highest BCUT2D eigenvalue weighted by molar-refractivity contribution is 7.80. The molecule has 3 N–H and O–H groups in total. The fourth-order valence-electron chi connectivity index (χ4n) is 1.41. The van der Waals surface area contributed by atoms with Crippen LogP contribution in [0.25, 0.3) is 0 Å². The van der Waals surface area contributed by atoms with Crippen molar-refractivity contribution in [1.82, 2.24) is 5.32 Å². The molecular formula is C13H17FN2O3S. The third kappa shape index (κ3) is 5.50. The van der Waals surface area contributed by atoms with E-state index >= 15 is 0 Å². The van der Waals surface area contributed by atoms with Gasteiger partial charge in [0.15, 0.2) is 18.2 Å². The average molecular weight is 300 g/mol. The Labute approximate surface area is 122 Å². The van der Waals surface area contributed by atoms with E-state index in [-0.39, 0.29) is 23.3 Å². The van der Waals surface area contributed by atoms with Gasteiger partial charge in [0, 0.05) is 25.8 Å². The van der Waals surface area contributed by atoms with E-state index in [1.807, 2.05) is 0 Å². The van der Waals surface area contributed by atoms with Crippen molar-refractivity contribution in [1.29, 1.82) is 0 Å². The summed E-state index contributed by atoms with van der Waals surface area (Å²) in [6.45, 7) is 0.797. The highest BCUT2D eigenvalue weighted by Crippen LogP contribution is 2.18. The zero-order valence-electron chi connectivity index (χ0n) is 11.1. The molecule has 0 saturated heterocycles. The van der Waals surface area contributed by atoms with Crippen molar-refractivity contribution >= 4 is 23.1 Å². The molecule has 0 atom stereocenters. The van der Waals surface area contributed by atoms with Gasteiger partial charge in [-0.1, -0.05) is 12.2 Å². The zero-order chi connectivity index (χ0) is 15.0. The molecule has 0 aliphatic heterocycles. The van der Waals surface area contributed by atoms with Crippen LogP contribution in [0.15, 0.2) is 18.2 Å². The summed E-state index contributed by atoms with van der Waals surface area (Å²) in [5, 5.41) is 2.63. The molecule has 0 heterocycles. The highest BCUT2D eigenvalue weighted by Gasteiger charge is 2.08. The predicted molar refractivity (Wildman–Crippen MR) is 77.3 cm³/mol. The van der Waals surface area contributed by atoms with E-state index in [0.29, 0.717) is 25.1 Å². The number of nitrogens with one attached hydrogen (secondary N) is 1. The van der Waals surface area contributed by atoms with Crippen LogP contribution in [0.5, 0.6) is 5.75 Å². The van der Waals surface area contributed by atoms with Gasteiger partial charge < -0.3 is 20.5 Å². The molecule has 0 aromatic heterocycles. The van der Waals surface area contributed by atoms with Gasteiger partial charge in [0.1, 0.15) is 4.99 Å². The van der Waals surface area contributed by atoms with E-state index in [0.717, 1.165) is 0 Å². The number of ether oxygens (including phenoxy) is 2. The molecule has 1 aromatic carbocycles. The summed E-state index contributed by atoms with van der Waals surface area (Å²) in [5.41, 5.74) is 5.79. The van der Waals surface area contributed by atoms with Crippen LogP contribution in [0.1, 0.15) is 12.0 Å². The molecule has 0 radical (unpaired) electrons. The van der Waals surface area contributed by atoms with Crippen molar-refractivity contribution < 1.29 is 18.7 Å². The first-order valence-electron chi connectivity index (χ1n) is 6.02. The minimum absolute atomic E-state index is 0.0166. The summed E-state index contributed by atoms with van der Waals surface area (Å²) in [7, 11) is 1.59. The summed E-state index contributed by atoms with van der Waals surface area (Å²) < 4.78 is 23.6. The molecule has 1 rings (SSSR count). The number of rotatable bonds is 8. The number of methoxy groups -OCH3 is 1. The van der Waals surface area contributed by atoms with Crippen LogP contribution < -0.4 is 15.8 Å². The Bertz CT molecular complexity index is 483. The Morgan fingerprint density at radius 2 is 2.25 bits per heavy atom. The molecule has 1 aromatic rings. The third-order valence-electron chi connectivity index (χ3n) is 2.42. The van der Waals surface area contributed by atoms with Crippen molar-refractivity contribution in [3.05, 3.63) is 29.6 Å². The summed E-state index contributed by atoms with van der Waals surface area (Å²) in [6, 6.07) is 4.10. The molecule has 1 amide bonds. The second-order valence-electron chi connectivity index (χ2n) is 3.99. The standard InChI is InChI=1S/C13H17FN2O3S/c1-18-6-2-5-16-12(17)8-19-11-4-3-9(13(15)20)7-10(11)14/h3-4,7H,2,5-6,8H2,1H3,(H2,15,20)(H,16,17). The average Bonchev–Trinajstić information content (AvgIpc) is 2.42. The monoisotopic (exact) mass is 300 g/mol. The van der Waals surface area contributed by atoms with Gasteiger partial charge in [-0.25, -0.2) is 4.39 Å². The van der Waals surface area contributed by atoms with Gasteiger partial charge >= 0.3 is 0 Å². The van der Waals surface area contributed by atoms with Crippen molar-refractivity contribution in [2.24, 2.45) is 5.73 Å². The molecule has 0 unspecified atom stereocenters. The van der Waals surface area contributed by atoms with E-state index in [1.54, 1.807) is 7.11 Å². The van der Waals surface area contributed by atoms with Gasteiger partial charge in [0.2, 0.25) is 0 Å². The molecule has 0 spiro atoms. The predicted octanol–water partition coefficient (Wildman–Crippen LogP) is 0.991. The lowest BCUT2D eigenvalue weighted by Gasteiger charge is -2.09. The van der Waals surface area contributed by atoms with Gasteiger partial charge in [-0.15, -0.1) is 0 Å². The van der Waals surface area contributed by atoms with Gasteiger partial charge in [-0.2, -0.15) is 0 Å². The lowest BCUT2D eigenvalue weighted by atomic mass is 10.2. The van der Waals surface area contributed by atoms with Crippen LogP contribution in [0, 0.1) is 5.82 Å². The molecular weight excluding hydrogens is 283 g/mol. The molecule has 0 fully saturated rings. The van der Waals surface area contributed by atoms with E-state index in [9.17, 15) is 9.18 Å². The molecule has 0 aliphatic carbocycles. The first-order chi connectivity index (χ1) is 9.54. The van der Waals surface area contributed by atoms with Crippen molar-refractivity contribution in [3.8, 4) is 5.75 Å². The number of hydrogen-bond acceptors (Lipinski definition) is 4. The Balaban J connectivity index is 2.41. The van der Waals surface area contributed by atoms with Crippen molar-refractivity contribution in [2.75, 3.05) is 26.9 Å². The van der Waals surface area contributed by atoms with Crippen LogP contribution in [0.2, 0.25) is 0 Å². The van der Waals surface area contributed by atoms with Gasteiger partial charge in [-0.05, 0) is 24.6 Å². The maximum absolute atomic E-state index is 13.6. The largest absolute Gasteiger partial charge is 0.481 e. The lowest BCUT2D eigenvalue weighted by Crippen LogP contribution is -2.30. The third-order valence-corrected chi connectivity index (χ3v) is 2.66. The van der Waals surface area contributed by atoms with Crippen LogP contribution in [0.3, 0.4) is 0 Å². The summed E-state index contributed by atoms with van der Waals surface area (Å²) in [5.74, 6) is -0.946. The maximum Gasteiger partial charge on any atom is 0.257 e. The quantitative estimate of drug-likeness (QED) is 0.553. The molecule has 0 bridgehead atoms. The lowest BCUT2D eigenvalue weighted by molar-refractivity contribution is -0.123. The molecule has 0 aliphatic rings. The Kier molecular flexibility index (Phi) is 6.89. The van der Waals surface area contributed by atoms with Crippen LogP contribution in [0.4, 0.5) is 4.39 Å². The SMILES string of the molecule is COCCCNC(=O)COc1ccc(C(N)=S)cc1F. The summed E-state index contributed by atoms with van der Waals surface area (Å²) >= 11 is 4.74. The minimum Gasteiger partial charge on any atom is -0.481 e. The number of carbonyl (C=O) groups is 1. The van der Waals surface area contributed by atoms with E-state index in [2.05, 4.69) is 5.32 Å². The van der Waals surface area contributed by atoms with Gasteiger partial charge in [0.05, 0.1) is 0 Å². The molecule has 20 heavy (non-hydrogen) atoms. The van der Waals surface area contributed by atoms with Crippen molar-refractivity contribution in [3.63, 3.8) is 0 Å².